The van der Waals surface area contributed by atoms with E-state index in [4.69, 9.17) is 5.73 Å². The molecule has 0 saturated carbocycles. The van der Waals surface area contributed by atoms with Crippen molar-refractivity contribution in [2.75, 3.05) is 31.9 Å². The number of likely N-dealkylation sites (tertiary alicyclic amines) is 1. The SMILES string of the molecule is CC(CNC(=O)c1c(F)ccc(N)c1F)CN1CCCC1. The molecule has 0 spiro atoms. The molecule has 0 bridgehead atoms. The van der Waals surface area contributed by atoms with Gasteiger partial charge in [0.15, 0.2) is 5.82 Å². The Hall–Kier alpha value is -1.69. The minimum absolute atomic E-state index is 0.222. The molecule has 21 heavy (non-hydrogen) atoms. The molecule has 0 radical (unpaired) electrons. The molecule has 1 aliphatic heterocycles. The standard InChI is InChI=1S/C15H21F2N3O/c1-10(9-20-6-2-3-7-20)8-19-15(21)13-11(16)4-5-12(18)14(13)17/h4-5,10H,2-3,6-9,18H2,1H3,(H,19,21). The molecule has 3 N–H and O–H groups in total. The molecule has 1 fully saturated rings. The van der Waals surface area contributed by atoms with Crippen molar-refractivity contribution >= 4 is 11.6 Å². The molecule has 6 heteroatoms. The lowest BCUT2D eigenvalue weighted by Crippen LogP contribution is -2.35. The molecule has 1 aromatic rings. The molecule has 1 unspecified atom stereocenters. The summed E-state index contributed by atoms with van der Waals surface area (Å²) in [6, 6.07) is 2.11. The maximum Gasteiger partial charge on any atom is 0.257 e. The normalized spacial score (nSPS) is 16.9. The van der Waals surface area contributed by atoms with Gasteiger partial charge in [0.25, 0.3) is 5.91 Å². The predicted molar refractivity (Wildman–Crippen MR) is 77.9 cm³/mol. The van der Waals surface area contributed by atoms with Crippen molar-refractivity contribution < 1.29 is 13.6 Å². The molecule has 1 saturated heterocycles. The maximum atomic E-state index is 13.7. The van der Waals surface area contributed by atoms with E-state index in [0.717, 1.165) is 31.8 Å². The summed E-state index contributed by atoms with van der Waals surface area (Å²) in [6.07, 6.45) is 2.41. The van der Waals surface area contributed by atoms with Crippen LogP contribution in [-0.2, 0) is 0 Å². The van der Waals surface area contributed by atoms with Gasteiger partial charge in [-0.1, -0.05) is 6.92 Å². The van der Waals surface area contributed by atoms with Gasteiger partial charge in [0, 0.05) is 13.1 Å². The van der Waals surface area contributed by atoms with Crippen molar-refractivity contribution in [3.63, 3.8) is 0 Å². The molecule has 1 heterocycles. The number of hydrogen-bond donors (Lipinski definition) is 2. The number of nitrogen functional groups attached to an aromatic ring is 1. The molecule has 1 atom stereocenters. The summed E-state index contributed by atoms with van der Waals surface area (Å²) in [5.74, 6) is -2.43. The highest BCUT2D eigenvalue weighted by atomic mass is 19.1. The Bertz CT molecular complexity index is 516. The Balaban J connectivity index is 1.91. The van der Waals surface area contributed by atoms with Gasteiger partial charge in [-0.3, -0.25) is 4.79 Å². The molecule has 0 aromatic heterocycles. The Morgan fingerprint density at radius 2 is 2.05 bits per heavy atom. The molecule has 0 aliphatic carbocycles. The number of carbonyl (C=O) groups is 1. The number of amides is 1. The van der Waals surface area contributed by atoms with E-state index in [0.29, 0.717) is 6.54 Å². The number of nitrogens with zero attached hydrogens (tertiary/aromatic N) is 1. The van der Waals surface area contributed by atoms with Gasteiger partial charge in [-0.15, -0.1) is 0 Å². The third-order valence-electron chi connectivity index (χ3n) is 3.73. The van der Waals surface area contributed by atoms with E-state index in [1.54, 1.807) is 0 Å². The first-order valence-corrected chi connectivity index (χ1v) is 7.23. The highest BCUT2D eigenvalue weighted by molar-refractivity contribution is 5.95. The monoisotopic (exact) mass is 297 g/mol. The molecule has 2 rings (SSSR count). The van der Waals surface area contributed by atoms with E-state index in [1.165, 1.54) is 12.8 Å². The lowest BCUT2D eigenvalue weighted by atomic mass is 10.1. The average molecular weight is 297 g/mol. The number of anilines is 1. The van der Waals surface area contributed by atoms with Crippen molar-refractivity contribution in [3.05, 3.63) is 29.3 Å². The van der Waals surface area contributed by atoms with E-state index < -0.39 is 23.1 Å². The van der Waals surface area contributed by atoms with Crippen LogP contribution in [0.15, 0.2) is 12.1 Å². The van der Waals surface area contributed by atoms with Crippen LogP contribution < -0.4 is 11.1 Å². The number of rotatable bonds is 5. The highest BCUT2D eigenvalue weighted by Crippen LogP contribution is 2.18. The predicted octanol–water partition coefficient (Wildman–Crippen LogP) is 2.01. The van der Waals surface area contributed by atoms with Gasteiger partial charge in [-0.2, -0.15) is 0 Å². The van der Waals surface area contributed by atoms with Gasteiger partial charge in [0.05, 0.1) is 5.69 Å². The zero-order valence-electron chi connectivity index (χ0n) is 12.2. The summed E-state index contributed by atoms with van der Waals surface area (Å²) >= 11 is 0. The summed E-state index contributed by atoms with van der Waals surface area (Å²) in [4.78, 5) is 14.3. The average Bonchev–Trinajstić information content (AvgIpc) is 2.94. The first-order valence-electron chi connectivity index (χ1n) is 7.23. The number of carbonyl (C=O) groups excluding carboxylic acids is 1. The molecule has 1 aliphatic rings. The Morgan fingerprint density at radius 3 is 2.71 bits per heavy atom. The lowest BCUT2D eigenvalue weighted by molar-refractivity contribution is 0.0936. The van der Waals surface area contributed by atoms with Crippen LogP contribution in [0, 0.1) is 17.6 Å². The van der Waals surface area contributed by atoms with Crippen LogP contribution in [0.4, 0.5) is 14.5 Å². The summed E-state index contributed by atoms with van der Waals surface area (Å²) in [5, 5.41) is 2.58. The van der Waals surface area contributed by atoms with Crippen molar-refractivity contribution in [2.24, 2.45) is 5.92 Å². The fourth-order valence-electron chi connectivity index (χ4n) is 2.60. The highest BCUT2D eigenvalue weighted by Gasteiger charge is 2.20. The van der Waals surface area contributed by atoms with Crippen molar-refractivity contribution in [3.8, 4) is 0 Å². The van der Waals surface area contributed by atoms with E-state index in [2.05, 4.69) is 10.2 Å². The summed E-state index contributed by atoms with van der Waals surface area (Å²) in [6.45, 7) is 5.42. The van der Waals surface area contributed by atoms with Gasteiger partial charge in [-0.25, -0.2) is 8.78 Å². The maximum absolute atomic E-state index is 13.7. The van der Waals surface area contributed by atoms with Crippen molar-refractivity contribution in [1.82, 2.24) is 10.2 Å². The largest absolute Gasteiger partial charge is 0.396 e. The number of nitrogens with one attached hydrogen (secondary N) is 1. The third-order valence-corrected chi connectivity index (χ3v) is 3.73. The Kier molecular flexibility index (Phi) is 5.12. The summed E-state index contributed by atoms with van der Waals surface area (Å²) < 4.78 is 27.3. The van der Waals surface area contributed by atoms with E-state index in [9.17, 15) is 13.6 Å². The molecule has 116 valence electrons. The topological polar surface area (TPSA) is 58.4 Å². The Morgan fingerprint density at radius 1 is 1.38 bits per heavy atom. The van der Waals surface area contributed by atoms with Crippen molar-refractivity contribution in [1.29, 1.82) is 0 Å². The van der Waals surface area contributed by atoms with Crippen LogP contribution in [0.1, 0.15) is 30.1 Å². The second-order valence-corrected chi connectivity index (χ2v) is 5.65. The van der Waals surface area contributed by atoms with Gasteiger partial charge in [-0.05, 0) is 44.0 Å². The third kappa shape index (κ3) is 3.91. The smallest absolute Gasteiger partial charge is 0.257 e. The first-order chi connectivity index (χ1) is 9.99. The number of benzene rings is 1. The zero-order chi connectivity index (χ0) is 15.4. The van der Waals surface area contributed by atoms with Gasteiger partial charge in [0.1, 0.15) is 11.4 Å². The first kappa shape index (κ1) is 15.7. The number of halogens is 2. The second kappa shape index (κ2) is 6.85. The van der Waals surface area contributed by atoms with Crippen LogP contribution in [0.3, 0.4) is 0 Å². The molecule has 1 aromatic carbocycles. The minimum Gasteiger partial charge on any atom is -0.396 e. The van der Waals surface area contributed by atoms with E-state index in [-0.39, 0.29) is 11.6 Å². The van der Waals surface area contributed by atoms with Crippen LogP contribution in [0.5, 0.6) is 0 Å². The zero-order valence-corrected chi connectivity index (χ0v) is 12.2. The minimum atomic E-state index is -1.00. The summed E-state index contributed by atoms with van der Waals surface area (Å²) in [5.41, 5.74) is 4.53. The van der Waals surface area contributed by atoms with Crippen LogP contribution in [0.2, 0.25) is 0 Å². The van der Waals surface area contributed by atoms with Gasteiger partial charge < -0.3 is 16.0 Å². The van der Waals surface area contributed by atoms with Crippen LogP contribution in [-0.4, -0.2) is 37.0 Å². The summed E-state index contributed by atoms with van der Waals surface area (Å²) in [7, 11) is 0. The second-order valence-electron chi connectivity index (χ2n) is 5.65. The van der Waals surface area contributed by atoms with Crippen LogP contribution >= 0.6 is 0 Å². The molecule has 1 amide bonds. The Labute approximate surface area is 123 Å². The number of nitrogens with two attached hydrogens (primary N) is 1. The fraction of sp³-hybridized carbons (Fsp3) is 0.533. The molecular formula is C15H21F2N3O. The van der Waals surface area contributed by atoms with Gasteiger partial charge >= 0.3 is 0 Å². The lowest BCUT2D eigenvalue weighted by Gasteiger charge is -2.20. The van der Waals surface area contributed by atoms with Gasteiger partial charge in [0.2, 0.25) is 0 Å². The molecule has 4 nitrogen and oxygen atoms in total. The quantitative estimate of drug-likeness (QED) is 0.817. The van der Waals surface area contributed by atoms with E-state index >= 15 is 0 Å². The molecular weight excluding hydrogens is 276 g/mol. The van der Waals surface area contributed by atoms with E-state index in [1.807, 2.05) is 6.92 Å². The van der Waals surface area contributed by atoms with Crippen LogP contribution in [0.25, 0.3) is 0 Å². The van der Waals surface area contributed by atoms with Crippen molar-refractivity contribution in [2.45, 2.75) is 19.8 Å². The number of hydrogen-bond acceptors (Lipinski definition) is 3. The fourth-order valence-corrected chi connectivity index (χ4v) is 2.60.